The van der Waals surface area contributed by atoms with Crippen molar-refractivity contribution in [3.05, 3.63) is 29.8 Å². The third-order valence-electron chi connectivity index (χ3n) is 2.99. The van der Waals surface area contributed by atoms with E-state index in [9.17, 15) is 4.39 Å². The number of hydrogen-bond donors (Lipinski definition) is 1. The maximum absolute atomic E-state index is 13.7. The molecule has 2 atom stereocenters. The van der Waals surface area contributed by atoms with Gasteiger partial charge in [0.15, 0.2) is 0 Å². The number of hydrogen-bond acceptors (Lipinski definition) is 2. The second-order valence-electron chi connectivity index (χ2n) is 4.61. The van der Waals surface area contributed by atoms with Crippen LogP contribution in [0, 0.1) is 11.7 Å². The van der Waals surface area contributed by atoms with Crippen LogP contribution in [-0.2, 0) is 0 Å². The lowest BCUT2D eigenvalue weighted by atomic mass is 9.95. The Bertz CT molecular complexity index is 328. The fourth-order valence-electron chi connectivity index (χ4n) is 2.21. The molecule has 96 valence electrons. The van der Waals surface area contributed by atoms with Gasteiger partial charge in [0, 0.05) is 6.20 Å². The summed E-state index contributed by atoms with van der Waals surface area (Å²) in [5, 5.41) is 3.33. The molecular formula is C14H23FN2. The lowest BCUT2D eigenvalue weighted by Crippen LogP contribution is -2.24. The topological polar surface area (TPSA) is 24.9 Å². The van der Waals surface area contributed by atoms with Crippen molar-refractivity contribution < 1.29 is 4.39 Å². The molecule has 1 rings (SSSR count). The first-order valence-electron chi connectivity index (χ1n) is 6.52. The minimum absolute atomic E-state index is 0.0303. The Hall–Kier alpha value is -0.960. The molecule has 3 heteroatoms. The number of halogens is 1. The maximum Gasteiger partial charge on any atom is 0.146 e. The fourth-order valence-corrected chi connectivity index (χ4v) is 2.21. The fraction of sp³-hybridized carbons (Fsp3) is 0.643. The molecule has 1 N–H and O–H groups in total. The number of pyridine rings is 1. The normalized spacial score (nSPS) is 14.6. The molecule has 0 aliphatic carbocycles. The van der Waals surface area contributed by atoms with Crippen LogP contribution < -0.4 is 5.32 Å². The van der Waals surface area contributed by atoms with E-state index in [2.05, 4.69) is 24.1 Å². The van der Waals surface area contributed by atoms with Gasteiger partial charge in [0.1, 0.15) is 5.82 Å². The van der Waals surface area contributed by atoms with E-state index in [4.69, 9.17) is 0 Å². The number of nitrogens with zero attached hydrogens (tertiary/aromatic N) is 1. The van der Waals surface area contributed by atoms with Crippen molar-refractivity contribution in [3.8, 4) is 0 Å². The molecule has 0 aliphatic rings. The van der Waals surface area contributed by atoms with Gasteiger partial charge >= 0.3 is 0 Å². The van der Waals surface area contributed by atoms with E-state index in [0.29, 0.717) is 11.6 Å². The molecule has 0 saturated heterocycles. The average Bonchev–Trinajstić information content (AvgIpc) is 2.29. The summed E-state index contributed by atoms with van der Waals surface area (Å²) >= 11 is 0. The van der Waals surface area contributed by atoms with E-state index in [-0.39, 0.29) is 11.9 Å². The Morgan fingerprint density at radius 2 is 2.18 bits per heavy atom. The SMILES string of the molecule is CCCC(C)CC(NCC)c1ncccc1F. The molecule has 0 bridgehead atoms. The summed E-state index contributed by atoms with van der Waals surface area (Å²) in [6, 6.07) is 3.15. The molecule has 0 radical (unpaired) electrons. The lowest BCUT2D eigenvalue weighted by Gasteiger charge is -2.21. The molecule has 2 unspecified atom stereocenters. The van der Waals surface area contributed by atoms with Crippen molar-refractivity contribution in [2.45, 2.75) is 46.1 Å². The van der Waals surface area contributed by atoms with E-state index in [1.54, 1.807) is 12.3 Å². The number of aromatic nitrogens is 1. The highest BCUT2D eigenvalue weighted by molar-refractivity contribution is 5.11. The molecule has 0 aromatic carbocycles. The molecule has 0 saturated carbocycles. The third kappa shape index (κ3) is 4.43. The minimum Gasteiger partial charge on any atom is -0.309 e. The van der Waals surface area contributed by atoms with Gasteiger partial charge in [0.25, 0.3) is 0 Å². The van der Waals surface area contributed by atoms with E-state index in [1.807, 2.05) is 6.92 Å². The summed E-state index contributed by atoms with van der Waals surface area (Å²) in [7, 11) is 0. The highest BCUT2D eigenvalue weighted by Gasteiger charge is 2.18. The van der Waals surface area contributed by atoms with Crippen molar-refractivity contribution >= 4 is 0 Å². The Kier molecular flexibility index (Phi) is 6.12. The Labute approximate surface area is 104 Å². The molecule has 17 heavy (non-hydrogen) atoms. The highest BCUT2D eigenvalue weighted by atomic mass is 19.1. The van der Waals surface area contributed by atoms with Crippen molar-refractivity contribution in [3.63, 3.8) is 0 Å². The quantitative estimate of drug-likeness (QED) is 0.783. The zero-order valence-electron chi connectivity index (χ0n) is 11.0. The summed E-state index contributed by atoms with van der Waals surface area (Å²) in [4.78, 5) is 4.17. The highest BCUT2D eigenvalue weighted by Crippen LogP contribution is 2.24. The predicted octanol–water partition coefficient (Wildman–Crippen LogP) is 3.70. The van der Waals surface area contributed by atoms with Gasteiger partial charge in [0.2, 0.25) is 0 Å². The summed E-state index contributed by atoms with van der Waals surface area (Å²) in [5.41, 5.74) is 0.553. The van der Waals surface area contributed by atoms with Crippen LogP contribution in [0.4, 0.5) is 4.39 Å². The summed E-state index contributed by atoms with van der Waals surface area (Å²) in [5.74, 6) is 0.382. The third-order valence-corrected chi connectivity index (χ3v) is 2.99. The van der Waals surface area contributed by atoms with Gasteiger partial charge < -0.3 is 5.32 Å². The Morgan fingerprint density at radius 3 is 2.76 bits per heavy atom. The van der Waals surface area contributed by atoms with Crippen LogP contribution in [0.2, 0.25) is 0 Å². The van der Waals surface area contributed by atoms with E-state index < -0.39 is 0 Å². The first-order valence-corrected chi connectivity index (χ1v) is 6.52. The molecular weight excluding hydrogens is 215 g/mol. The second-order valence-corrected chi connectivity index (χ2v) is 4.61. The van der Waals surface area contributed by atoms with Crippen molar-refractivity contribution in [2.75, 3.05) is 6.54 Å². The average molecular weight is 238 g/mol. The van der Waals surface area contributed by atoms with Gasteiger partial charge in [-0.2, -0.15) is 0 Å². The summed E-state index contributed by atoms with van der Waals surface area (Å²) in [6.07, 6.45) is 4.95. The Morgan fingerprint density at radius 1 is 1.41 bits per heavy atom. The van der Waals surface area contributed by atoms with Crippen LogP contribution in [0.5, 0.6) is 0 Å². The zero-order valence-corrected chi connectivity index (χ0v) is 11.0. The van der Waals surface area contributed by atoms with Gasteiger partial charge in [0.05, 0.1) is 11.7 Å². The van der Waals surface area contributed by atoms with Gasteiger partial charge in [-0.1, -0.05) is 33.6 Å². The predicted molar refractivity (Wildman–Crippen MR) is 69.3 cm³/mol. The molecule has 1 aromatic rings. The van der Waals surface area contributed by atoms with Crippen LogP contribution in [0.25, 0.3) is 0 Å². The lowest BCUT2D eigenvalue weighted by molar-refractivity contribution is 0.379. The van der Waals surface area contributed by atoms with E-state index in [1.165, 1.54) is 18.9 Å². The largest absolute Gasteiger partial charge is 0.309 e. The smallest absolute Gasteiger partial charge is 0.146 e. The summed E-state index contributed by atoms with van der Waals surface area (Å²) in [6.45, 7) is 7.27. The second kappa shape index (κ2) is 7.38. The number of nitrogens with one attached hydrogen (secondary N) is 1. The zero-order chi connectivity index (χ0) is 12.7. The molecule has 2 nitrogen and oxygen atoms in total. The van der Waals surface area contributed by atoms with Crippen LogP contribution in [0.1, 0.15) is 51.8 Å². The van der Waals surface area contributed by atoms with Gasteiger partial charge in [-0.15, -0.1) is 0 Å². The molecule has 0 spiro atoms. The van der Waals surface area contributed by atoms with Crippen LogP contribution >= 0.6 is 0 Å². The summed E-state index contributed by atoms with van der Waals surface area (Å²) < 4.78 is 13.7. The standard InChI is InChI=1S/C14H23FN2/c1-4-7-11(3)10-13(16-5-2)14-12(15)8-6-9-17-14/h6,8-9,11,13,16H,4-5,7,10H2,1-3H3. The molecule has 0 amide bonds. The molecule has 0 fully saturated rings. The first kappa shape index (κ1) is 14.1. The number of rotatable bonds is 7. The van der Waals surface area contributed by atoms with Crippen molar-refractivity contribution in [1.82, 2.24) is 10.3 Å². The van der Waals surface area contributed by atoms with Crippen molar-refractivity contribution in [1.29, 1.82) is 0 Å². The first-order chi connectivity index (χ1) is 8.19. The Balaban J connectivity index is 2.75. The monoisotopic (exact) mass is 238 g/mol. The van der Waals surface area contributed by atoms with Gasteiger partial charge in [-0.25, -0.2) is 4.39 Å². The van der Waals surface area contributed by atoms with Crippen LogP contribution in [0.15, 0.2) is 18.3 Å². The van der Waals surface area contributed by atoms with Gasteiger partial charge in [-0.05, 0) is 31.0 Å². The van der Waals surface area contributed by atoms with E-state index >= 15 is 0 Å². The van der Waals surface area contributed by atoms with Gasteiger partial charge in [-0.3, -0.25) is 4.98 Å². The van der Waals surface area contributed by atoms with Crippen molar-refractivity contribution in [2.24, 2.45) is 5.92 Å². The molecule has 0 aliphatic heterocycles. The van der Waals surface area contributed by atoms with Crippen LogP contribution in [-0.4, -0.2) is 11.5 Å². The molecule has 1 aromatic heterocycles. The maximum atomic E-state index is 13.7. The van der Waals surface area contributed by atoms with Crippen LogP contribution in [0.3, 0.4) is 0 Å². The minimum atomic E-state index is -0.206. The van der Waals surface area contributed by atoms with E-state index in [0.717, 1.165) is 13.0 Å². The molecule has 1 heterocycles.